The molecule has 0 radical (unpaired) electrons. The van der Waals surface area contributed by atoms with Crippen molar-refractivity contribution in [1.82, 2.24) is 9.80 Å². The monoisotopic (exact) mass is 488 g/mol. The Morgan fingerprint density at radius 1 is 1.03 bits per heavy atom. The second-order valence-electron chi connectivity index (χ2n) is 9.44. The van der Waals surface area contributed by atoms with E-state index in [2.05, 4.69) is 29.5 Å². The topological polar surface area (TPSA) is 103 Å². The van der Waals surface area contributed by atoms with E-state index < -0.39 is 6.17 Å². The number of carbonyl (C=O) groups is 2. The molecule has 8 nitrogen and oxygen atoms in total. The van der Waals surface area contributed by atoms with Gasteiger partial charge in [-0.15, -0.1) is 5.11 Å². The van der Waals surface area contributed by atoms with Crippen LogP contribution in [0.2, 0.25) is 0 Å². The van der Waals surface area contributed by atoms with Crippen LogP contribution in [-0.4, -0.2) is 54.0 Å². The van der Waals surface area contributed by atoms with Crippen molar-refractivity contribution in [1.29, 1.82) is 0 Å². The number of rotatable bonds is 8. The molecule has 0 aliphatic carbocycles. The molecule has 1 atom stereocenters. The van der Waals surface area contributed by atoms with E-state index in [1.54, 1.807) is 0 Å². The summed E-state index contributed by atoms with van der Waals surface area (Å²) < 4.78 is 0. The molecule has 36 heavy (non-hydrogen) atoms. The van der Waals surface area contributed by atoms with Crippen LogP contribution >= 0.6 is 0 Å². The zero-order chi connectivity index (χ0) is 25.5. The first-order valence-corrected chi connectivity index (χ1v) is 12.9. The maximum Gasteiger partial charge on any atom is 0.253 e. The van der Waals surface area contributed by atoms with E-state index >= 15 is 0 Å². The summed E-state index contributed by atoms with van der Waals surface area (Å²) in [5, 5.41) is 11.0. The lowest BCUT2D eigenvalue weighted by atomic mass is 10.00. The molecule has 4 rings (SSSR count). The number of amides is 2. The van der Waals surface area contributed by atoms with E-state index in [0.29, 0.717) is 17.6 Å². The lowest BCUT2D eigenvalue weighted by molar-refractivity contribution is -0.127. The minimum atomic E-state index is -0.438. The van der Waals surface area contributed by atoms with Gasteiger partial charge in [-0.3, -0.25) is 9.59 Å². The molecular weight excluding hydrogens is 452 g/mol. The molecule has 0 spiro atoms. The summed E-state index contributed by atoms with van der Waals surface area (Å²) in [4.78, 5) is 29.9. The molecular formula is C28H36N6O2. The molecule has 1 saturated heterocycles. The first kappa shape index (κ1) is 25.4. The van der Waals surface area contributed by atoms with Gasteiger partial charge in [-0.05, 0) is 66.6 Å². The predicted octanol–water partition coefficient (Wildman–Crippen LogP) is 5.09. The Kier molecular flexibility index (Phi) is 8.36. The van der Waals surface area contributed by atoms with Gasteiger partial charge < -0.3 is 21.0 Å². The standard InChI is InChI=1S/C28H36N6O2/c1-3-13-33(14-4-2)28(36)24-17-23-12-11-22(18-25(23)30-26(19-24)31-32-29)20-7-9-21(10-8-20)27(35)34-15-5-6-16-34/h7-12,17-18,26,30H,3-6,13-16,19H2,1-2H3,(H2,29,31). The van der Waals surface area contributed by atoms with Crippen molar-refractivity contribution in [3.8, 4) is 11.1 Å². The summed E-state index contributed by atoms with van der Waals surface area (Å²) in [7, 11) is 0. The van der Waals surface area contributed by atoms with E-state index in [1.807, 2.05) is 58.3 Å². The molecule has 190 valence electrons. The molecule has 2 heterocycles. The quantitative estimate of drug-likeness (QED) is 0.307. The number of benzene rings is 2. The highest BCUT2D eigenvalue weighted by atomic mass is 16.2. The summed E-state index contributed by atoms with van der Waals surface area (Å²) in [6.45, 7) is 7.29. The largest absolute Gasteiger partial charge is 0.361 e. The van der Waals surface area contributed by atoms with E-state index in [-0.39, 0.29) is 11.8 Å². The SMILES string of the molecule is CCCN(CCC)C(=O)C1=Cc2ccc(-c3ccc(C(=O)N4CCCC4)cc3)cc2NC(N=NN)C1. The van der Waals surface area contributed by atoms with Crippen LogP contribution in [0.4, 0.5) is 5.69 Å². The second kappa shape index (κ2) is 11.8. The third-order valence-corrected chi connectivity index (χ3v) is 6.73. The van der Waals surface area contributed by atoms with Gasteiger partial charge >= 0.3 is 0 Å². The van der Waals surface area contributed by atoms with Crippen LogP contribution in [0.25, 0.3) is 17.2 Å². The van der Waals surface area contributed by atoms with Crippen molar-refractivity contribution in [2.45, 2.75) is 52.1 Å². The minimum absolute atomic E-state index is 0.0351. The van der Waals surface area contributed by atoms with Crippen molar-refractivity contribution in [2.24, 2.45) is 16.2 Å². The zero-order valence-corrected chi connectivity index (χ0v) is 21.2. The lowest BCUT2D eigenvalue weighted by Crippen LogP contribution is -2.34. The number of anilines is 1. The first-order valence-electron chi connectivity index (χ1n) is 12.9. The molecule has 0 bridgehead atoms. The molecule has 3 N–H and O–H groups in total. The number of nitrogens with zero attached hydrogens (tertiary/aromatic N) is 4. The van der Waals surface area contributed by atoms with E-state index in [1.165, 1.54) is 0 Å². The zero-order valence-electron chi connectivity index (χ0n) is 21.2. The number of hydrogen-bond acceptors (Lipinski definition) is 5. The second-order valence-corrected chi connectivity index (χ2v) is 9.44. The van der Waals surface area contributed by atoms with Gasteiger partial charge in [-0.2, -0.15) is 0 Å². The van der Waals surface area contributed by atoms with Gasteiger partial charge in [-0.1, -0.05) is 43.3 Å². The minimum Gasteiger partial charge on any atom is -0.361 e. The van der Waals surface area contributed by atoms with Crippen LogP contribution in [-0.2, 0) is 4.79 Å². The van der Waals surface area contributed by atoms with Crippen LogP contribution in [0.3, 0.4) is 0 Å². The van der Waals surface area contributed by atoms with E-state index in [4.69, 9.17) is 5.84 Å². The Labute approximate surface area is 213 Å². The molecule has 2 aliphatic rings. The molecule has 2 aromatic rings. The molecule has 1 unspecified atom stereocenters. The number of nitrogens with one attached hydrogen (secondary N) is 1. The van der Waals surface area contributed by atoms with Gasteiger partial charge in [0.2, 0.25) is 5.91 Å². The fraction of sp³-hybridized carbons (Fsp3) is 0.429. The number of likely N-dealkylation sites (tertiary alicyclic amines) is 1. The number of hydrogen-bond donors (Lipinski definition) is 2. The van der Waals surface area contributed by atoms with Crippen molar-refractivity contribution < 1.29 is 9.59 Å². The van der Waals surface area contributed by atoms with Crippen LogP contribution in [0, 0.1) is 0 Å². The molecule has 2 aromatic carbocycles. The van der Waals surface area contributed by atoms with Crippen LogP contribution < -0.4 is 11.2 Å². The van der Waals surface area contributed by atoms with E-state index in [9.17, 15) is 9.59 Å². The fourth-order valence-electron chi connectivity index (χ4n) is 4.94. The Morgan fingerprint density at radius 3 is 2.33 bits per heavy atom. The fourth-order valence-corrected chi connectivity index (χ4v) is 4.94. The Bertz CT molecular complexity index is 1130. The Balaban J connectivity index is 1.61. The van der Waals surface area contributed by atoms with Gasteiger partial charge in [0.25, 0.3) is 5.91 Å². The molecule has 2 aliphatic heterocycles. The third-order valence-electron chi connectivity index (χ3n) is 6.73. The van der Waals surface area contributed by atoms with Crippen molar-refractivity contribution in [3.63, 3.8) is 0 Å². The molecule has 0 saturated carbocycles. The van der Waals surface area contributed by atoms with Crippen LogP contribution in [0.5, 0.6) is 0 Å². The summed E-state index contributed by atoms with van der Waals surface area (Å²) in [5.41, 5.74) is 5.21. The highest BCUT2D eigenvalue weighted by Gasteiger charge is 2.25. The van der Waals surface area contributed by atoms with Gasteiger partial charge in [0.05, 0.1) is 0 Å². The third kappa shape index (κ3) is 5.75. The summed E-state index contributed by atoms with van der Waals surface area (Å²) >= 11 is 0. The average Bonchev–Trinajstić information content (AvgIpc) is 3.37. The van der Waals surface area contributed by atoms with Crippen molar-refractivity contribution >= 4 is 23.6 Å². The van der Waals surface area contributed by atoms with Crippen LogP contribution in [0.15, 0.2) is 58.4 Å². The Hall–Kier alpha value is -3.68. The predicted molar refractivity (Wildman–Crippen MR) is 143 cm³/mol. The number of nitrogens with two attached hydrogens (primary N) is 1. The average molecular weight is 489 g/mol. The van der Waals surface area contributed by atoms with Gasteiger partial charge in [-0.25, -0.2) is 0 Å². The Morgan fingerprint density at radius 2 is 1.69 bits per heavy atom. The van der Waals surface area contributed by atoms with Gasteiger partial charge in [0, 0.05) is 49.4 Å². The van der Waals surface area contributed by atoms with Crippen molar-refractivity contribution in [2.75, 3.05) is 31.5 Å². The summed E-state index contributed by atoms with van der Waals surface area (Å²) in [5.74, 6) is 5.52. The van der Waals surface area contributed by atoms with Gasteiger partial charge in [0.1, 0.15) is 6.17 Å². The van der Waals surface area contributed by atoms with Crippen LogP contribution in [0.1, 0.15) is 61.9 Å². The maximum atomic E-state index is 13.4. The maximum absolute atomic E-state index is 13.4. The smallest absolute Gasteiger partial charge is 0.253 e. The van der Waals surface area contributed by atoms with Crippen molar-refractivity contribution in [3.05, 3.63) is 59.2 Å². The first-order chi connectivity index (χ1) is 17.5. The summed E-state index contributed by atoms with van der Waals surface area (Å²) in [6, 6.07) is 13.9. The lowest BCUT2D eigenvalue weighted by Gasteiger charge is -2.23. The molecule has 0 aromatic heterocycles. The normalized spacial score (nSPS) is 17.3. The molecule has 2 amide bonds. The molecule has 8 heteroatoms. The summed E-state index contributed by atoms with van der Waals surface area (Å²) in [6.07, 6.45) is 5.89. The number of carbonyl (C=O) groups excluding carboxylic acids is 2. The molecule has 1 fully saturated rings. The van der Waals surface area contributed by atoms with E-state index in [0.717, 1.165) is 74.2 Å². The highest BCUT2D eigenvalue weighted by molar-refractivity contribution is 5.99. The number of fused-ring (bicyclic) bond motifs is 1. The highest BCUT2D eigenvalue weighted by Crippen LogP contribution is 2.32. The van der Waals surface area contributed by atoms with Gasteiger partial charge in [0.15, 0.2) is 0 Å².